The van der Waals surface area contributed by atoms with E-state index in [4.69, 9.17) is 32.5 Å². The molecular formula is C41H84O7Si2. The van der Waals surface area contributed by atoms with Crippen LogP contribution < -0.4 is 0 Å². The minimum Gasteiger partial charge on any atom is -0.424 e. The maximum Gasteiger partial charge on any atom is 0.193 e. The van der Waals surface area contributed by atoms with Gasteiger partial charge in [0.15, 0.2) is 18.1 Å². The van der Waals surface area contributed by atoms with Gasteiger partial charge in [-0.2, -0.15) is 0 Å². The van der Waals surface area contributed by atoms with Crippen LogP contribution in [-0.2, 0) is 32.5 Å². The Morgan fingerprint density at radius 1 is 0.600 bits per heavy atom. The Morgan fingerprint density at radius 2 is 1.12 bits per heavy atom. The Labute approximate surface area is 313 Å². The first-order chi connectivity index (χ1) is 24.6. The molecular weight excluding hydrogens is 661 g/mol. The molecule has 0 saturated carbocycles. The molecule has 3 saturated heterocycles. The highest BCUT2D eigenvalue weighted by atomic mass is 28.4. The predicted octanol–water partition coefficient (Wildman–Crippen LogP) is 9.89. The van der Waals surface area contributed by atoms with Gasteiger partial charge in [-0.1, -0.05) is 79.1 Å². The fraction of sp³-hybridized carbons (Fsp3) is 1.00. The first-order valence-corrected chi connectivity index (χ1v) is 25.9. The summed E-state index contributed by atoms with van der Waals surface area (Å²) in [5.41, 5.74) is 0. The highest BCUT2D eigenvalue weighted by molar-refractivity contribution is 6.73. The topological polar surface area (TPSA) is 64.6 Å². The summed E-state index contributed by atoms with van der Waals surface area (Å²) in [4.78, 5) is 0. The lowest BCUT2D eigenvalue weighted by Crippen LogP contribution is -2.45. The first kappa shape index (κ1) is 46.3. The van der Waals surface area contributed by atoms with Crippen LogP contribution in [0.1, 0.15) is 144 Å². The van der Waals surface area contributed by atoms with E-state index in [1.165, 1.54) is 101 Å². The first-order valence-electron chi connectivity index (χ1n) is 21.8. The molecule has 3 fully saturated rings. The molecule has 50 heavy (non-hydrogen) atoms. The molecule has 3 heterocycles. The molecule has 3 aliphatic rings. The maximum absolute atomic E-state index is 6.86. The van der Waals surface area contributed by atoms with Crippen LogP contribution in [0, 0.1) is 17.8 Å². The van der Waals surface area contributed by atoms with E-state index in [1.807, 2.05) is 0 Å². The third kappa shape index (κ3) is 19.5. The third-order valence-electron chi connectivity index (χ3n) is 11.4. The van der Waals surface area contributed by atoms with Gasteiger partial charge in [0.05, 0.1) is 31.5 Å². The molecule has 0 radical (unpaired) electrons. The molecule has 0 N–H and O–H groups in total. The molecule has 0 aromatic carbocycles. The van der Waals surface area contributed by atoms with Gasteiger partial charge in [-0.3, -0.25) is 0 Å². The average molecular weight is 745 g/mol. The second-order valence-corrected chi connectivity index (χ2v) is 20.9. The smallest absolute Gasteiger partial charge is 0.193 e. The summed E-state index contributed by atoms with van der Waals surface area (Å²) in [5.74, 6) is 1.82. The third-order valence-corrected chi connectivity index (χ3v) is 17.6. The minimum atomic E-state index is -1.84. The largest absolute Gasteiger partial charge is 0.424 e. The van der Waals surface area contributed by atoms with Gasteiger partial charge in [0.1, 0.15) is 0 Å². The van der Waals surface area contributed by atoms with Crippen molar-refractivity contribution in [3.63, 3.8) is 0 Å². The zero-order valence-electron chi connectivity index (χ0n) is 34.0. The van der Waals surface area contributed by atoms with Crippen molar-refractivity contribution in [2.45, 2.75) is 187 Å². The molecule has 0 bridgehead atoms. The summed E-state index contributed by atoms with van der Waals surface area (Å²) in [6.45, 7) is 21.4. The molecule has 0 amide bonds. The number of unbranched alkanes of at least 4 members (excludes halogenated alkanes) is 6. The lowest BCUT2D eigenvalue weighted by molar-refractivity contribution is -0.103. The lowest BCUT2D eigenvalue weighted by Gasteiger charge is -2.40. The zero-order chi connectivity index (χ0) is 36.1. The summed E-state index contributed by atoms with van der Waals surface area (Å²) in [5, 5.41) is 0. The average Bonchev–Trinajstić information content (AvgIpc) is 3.04. The van der Waals surface area contributed by atoms with Crippen molar-refractivity contribution < 1.29 is 32.5 Å². The predicted molar refractivity (Wildman–Crippen MR) is 215 cm³/mol. The Balaban J connectivity index is 0.000000845. The van der Waals surface area contributed by atoms with Gasteiger partial charge >= 0.3 is 0 Å². The Bertz CT molecular complexity index is 708. The van der Waals surface area contributed by atoms with E-state index >= 15 is 0 Å². The number of hydrogen-bond acceptors (Lipinski definition) is 7. The van der Waals surface area contributed by atoms with Crippen LogP contribution in [0.25, 0.3) is 0 Å². The van der Waals surface area contributed by atoms with Gasteiger partial charge in [0.2, 0.25) is 0 Å². The molecule has 0 aromatic rings. The van der Waals surface area contributed by atoms with Crippen LogP contribution in [0.5, 0.6) is 0 Å². The monoisotopic (exact) mass is 745 g/mol. The highest BCUT2D eigenvalue weighted by Crippen LogP contribution is 2.37. The fourth-order valence-corrected chi connectivity index (χ4v) is 13.8. The van der Waals surface area contributed by atoms with Crippen molar-refractivity contribution in [2.75, 3.05) is 59.5 Å². The zero-order valence-corrected chi connectivity index (χ0v) is 36.4. The van der Waals surface area contributed by atoms with E-state index < -0.39 is 8.32 Å². The van der Waals surface area contributed by atoms with Crippen molar-refractivity contribution in [2.24, 2.45) is 17.8 Å². The quantitative estimate of drug-likeness (QED) is 0.0490. The number of hydrogen-bond donors (Lipinski definition) is 0. The van der Waals surface area contributed by atoms with E-state index in [-0.39, 0.29) is 9.76 Å². The van der Waals surface area contributed by atoms with Crippen molar-refractivity contribution in [3.05, 3.63) is 0 Å². The molecule has 298 valence electrons. The molecule has 6 unspecified atom stereocenters. The molecule has 7 nitrogen and oxygen atoms in total. The summed E-state index contributed by atoms with van der Waals surface area (Å²) >= 11 is 0. The van der Waals surface area contributed by atoms with E-state index in [0.717, 1.165) is 85.1 Å². The standard InChI is InChI=1S/C34H66O6Si.C7H18OSi/c1-5-15-31(34-18-23-39-34)28-41(40-8-4,24-13-9-11-19-35-26-29(6-2)32-16-21-37-32)25-14-10-12-20-36-27-30(7-3)33-17-22-38-33;1-3-5-6-7-9-8-4-2/h29-34H,5-28H2,1-4H3;3-7,9H2,1-2H3. The molecule has 3 aliphatic heterocycles. The summed E-state index contributed by atoms with van der Waals surface area (Å²) in [7, 11) is -1.95. The maximum atomic E-state index is 6.86. The molecule has 3 rings (SSSR count). The fourth-order valence-electron chi connectivity index (χ4n) is 7.86. The second-order valence-electron chi connectivity index (χ2n) is 15.3. The second kappa shape index (κ2) is 30.5. The highest BCUT2D eigenvalue weighted by Gasteiger charge is 2.40. The molecule has 0 aromatic heterocycles. The van der Waals surface area contributed by atoms with Crippen molar-refractivity contribution in [1.82, 2.24) is 0 Å². The number of ether oxygens (including phenoxy) is 5. The van der Waals surface area contributed by atoms with Gasteiger partial charge in [0, 0.05) is 58.1 Å². The van der Waals surface area contributed by atoms with Crippen LogP contribution in [0.2, 0.25) is 24.2 Å². The van der Waals surface area contributed by atoms with Crippen molar-refractivity contribution in [1.29, 1.82) is 0 Å². The lowest BCUT2D eigenvalue weighted by atomic mass is 9.94. The van der Waals surface area contributed by atoms with E-state index in [2.05, 4.69) is 41.5 Å². The van der Waals surface area contributed by atoms with Crippen molar-refractivity contribution >= 4 is 18.1 Å². The summed E-state index contributed by atoms with van der Waals surface area (Å²) in [6.07, 6.45) is 21.3. The molecule has 0 aliphatic carbocycles. The van der Waals surface area contributed by atoms with Gasteiger partial charge in [-0.05, 0) is 95.3 Å². The summed E-state index contributed by atoms with van der Waals surface area (Å²) < 4.78 is 41.8. The van der Waals surface area contributed by atoms with E-state index in [1.54, 1.807) is 0 Å². The Morgan fingerprint density at radius 3 is 1.52 bits per heavy atom. The Kier molecular flexibility index (Phi) is 28.2. The van der Waals surface area contributed by atoms with Crippen molar-refractivity contribution in [3.8, 4) is 0 Å². The SMILES string of the molecule is CCCC(C[Si](CCCCCOCC(CC)C1CCO1)(CCCCCOCC(CC)C1CCO1)OCC)C1CCO1.CCCCC[SiH2]OCC. The van der Waals surface area contributed by atoms with Crippen LogP contribution in [0.3, 0.4) is 0 Å². The van der Waals surface area contributed by atoms with E-state index in [9.17, 15) is 0 Å². The van der Waals surface area contributed by atoms with Gasteiger partial charge in [-0.25, -0.2) is 0 Å². The van der Waals surface area contributed by atoms with Gasteiger partial charge in [-0.15, -0.1) is 0 Å². The van der Waals surface area contributed by atoms with Crippen LogP contribution in [0.4, 0.5) is 0 Å². The summed E-state index contributed by atoms with van der Waals surface area (Å²) in [6, 6.07) is 5.24. The van der Waals surface area contributed by atoms with Gasteiger partial charge in [0.25, 0.3) is 0 Å². The molecule has 0 spiro atoms. The molecule has 9 heteroatoms. The normalized spacial score (nSPS) is 23.3. The van der Waals surface area contributed by atoms with E-state index in [0.29, 0.717) is 36.1 Å². The van der Waals surface area contributed by atoms with Crippen LogP contribution >= 0.6 is 0 Å². The van der Waals surface area contributed by atoms with Gasteiger partial charge < -0.3 is 32.5 Å². The Hall–Kier alpha value is 0.154. The van der Waals surface area contributed by atoms with Crippen LogP contribution in [-0.4, -0.2) is 95.9 Å². The number of rotatable bonds is 33. The molecule has 6 atom stereocenters. The minimum absolute atomic E-state index is 0.109. The van der Waals surface area contributed by atoms with Crippen LogP contribution in [0.15, 0.2) is 0 Å².